The number of allylic oxidation sites excluding steroid dienone is 1. The van der Waals surface area contributed by atoms with Gasteiger partial charge in [-0.3, -0.25) is 4.79 Å². The summed E-state index contributed by atoms with van der Waals surface area (Å²) in [7, 11) is 1.65. The van der Waals surface area contributed by atoms with Crippen LogP contribution in [0.3, 0.4) is 0 Å². The number of carbonyl (C=O) groups excluding carboxylic acids is 1. The van der Waals surface area contributed by atoms with Crippen molar-refractivity contribution in [3.63, 3.8) is 0 Å². The SMILES string of the molecule is COc1ccc2c(c1)C[C@H](CNC(=O)C=C(C)C)O2. The van der Waals surface area contributed by atoms with E-state index in [1.807, 2.05) is 32.0 Å². The summed E-state index contributed by atoms with van der Waals surface area (Å²) < 4.78 is 11.0. The van der Waals surface area contributed by atoms with Gasteiger partial charge in [0.15, 0.2) is 0 Å². The normalized spacial score (nSPS) is 16.3. The lowest BCUT2D eigenvalue weighted by atomic mass is 10.1. The molecule has 102 valence electrons. The van der Waals surface area contributed by atoms with E-state index in [2.05, 4.69) is 5.32 Å². The quantitative estimate of drug-likeness (QED) is 0.844. The molecule has 1 heterocycles. The predicted octanol–water partition coefficient (Wildman–Crippen LogP) is 2.08. The number of hydrogen-bond acceptors (Lipinski definition) is 3. The van der Waals surface area contributed by atoms with E-state index in [4.69, 9.17) is 9.47 Å². The highest BCUT2D eigenvalue weighted by Crippen LogP contribution is 2.31. The number of rotatable bonds is 4. The molecule has 2 rings (SSSR count). The average Bonchev–Trinajstić information content (AvgIpc) is 2.77. The molecule has 0 aromatic heterocycles. The Hall–Kier alpha value is -1.97. The van der Waals surface area contributed by atoms with Crippen molar-refractivity contribution in [3.8, 4) is 11.5 Å². The average molecular weight is 261 g/mol. The molecule has 0 unspecified atom stereocenters. The van der Waals surface area contributed by atoms with Crippen LogP contribution in [0.15, 0.2) is 29.8 Å². The Kier molecular flexibility index (Phi) is 4.10. The number of methoxy groups -OCH3 is 1. The number of amides is 1. The minimum absolute atomic E-state index is 0.00313. The summed E-state index contributed by atoms with van der Waals surface area (Å²) in [5, 5.41) is 2.85. The van der Waals surface area contributed by atoms with E-state index in [1.54, 1.807) is 13.2 Å². The molecule has 0 saturated carbocycles. The molecular formula is C15H19NO3. The van der Waals surface area contributed by atoms with Crippen molar-refractivity contribution in [2.75, 3.05) is 13.7 Å². The Bertz CT molecular complexity index is 504. The van der Waals surface area contributed by atoms with Crippen molar-refractivity contribution in [2.45, 2.75) is 26.4 Å². The maximum atomic E-state index is 11.5. The topological polar surface area (TPSA) is 47.6 Å². The molecule has 0 radical (unpaired) electrons. The fraction of sp³-hybridized carbons (Fsp3) is 0.400. The maximum absolute atomic E-state index is 11.5. The molecule has 19 heavy (non-hydrogen) atoms. The van der Waals surface area contributed by atoms with Crippen LogP contribution in [0.1, 0.15) is 19.4 Å². The van der Waals surface area contributed by atoms with Gasteiger partial charge in [-0.25, -0.2) is 0 Å². The Morgan fingerprint density at radius 2 is 2.32 bits per heavy atom. The van der Waals surface area contributed by atoms with E-state index >= 15 is 0 Å². The molecule has 4 heteroatoms. The van der Waals surface area contributed by atoms with Crippen molar-refractivity contribution < 1.29 is 14.3 Å². The highest BCUT2D eigenvalue weighted by Gasteiger charge is 2.23. The van der Waals surface area contributed by atoms with Crippen LogP contribution < -0.4 is 14.8 Å². The summed E-state index contributed by atoms with van der Waals surface area (Å²) in [5.74, 6) is 1.64. The van der Waals surface area contributed by atoms with Crippen LogP contribution in [0.2, 0.25) is 0 Å². The number of nitrogens with one attached hydrogen (secondary N) is 1. The van der Waals surface area contributed by atoms with Crippen LogP contribution >= 0.6 is 0 Å². The highest BCUT2D eigenvalue weighted by molar-refractivity contribution is 5.88. The fourth-order valence-electron chi connectivity index (χ4n) is 2.07. The molecule has 1 aromatic rings. The van der Waals surface area contributed by atoms with Crippen LogP contribution in [0.5, 0.6) is 11.5 Å². The maximum Gasteiger partial charge on any atom is 0.244 e. The summed E-state index contributed by atoms with van der Waals surface area (Å²) in [6.45, 7) is 4.31. The number of ether oxygens (including phenoxy) is 2. The van der Waals surface area contributed by atoms with Crippen molar-refractivity contribution in [1.82, 2.24) is 5.32 Å². The van der Waals surface area contributed by atoms with Gasteiger partial charge in [0.25, 0.3) is 0 Å². The Morgan fingerprint density at radius 1 is 1.53 bits per heavy atom. The standard InChI is InChI=1S/C15H19NO3/c1-10(2)6-15(17)16-9-13-8-11-7-12(18-3)4-5-14(11)19-13/h4-7,13H,8-9H2,1-3H3,(H,16,17)/t13-/m1/s1. The van der Waals surface area contributed by atoms with Crippen molar-refractivity contribution in [1.29, 1.82) is 0 Å². The number of benzene rings is 1. The summed E-state index contributed by atoms with van der Waals surface area (Å²) in [5.41, 5.74) is 2.11. The van der Waals surface area contributed by atoms with Gasteiger partial charge in [-0.15, -0.1) is 0 Å². The molecule has 0 saturated heterocycles. The first-order valence-electron chi connectivity index (χ1n) is 6.35. The number of fused-ring (bicyclic) bond motifs is 1. The van der Waals surface area contributed by atoms with Gasteiger partial charge < -0.3 is 14.8 Å². The third kappa shape index (κ3) is 3.50. The zero-order valence-electron chi connectivity index (χ0n) is 11.5. The molecule has 4 nitrogen and oxygen atoms in total. The monoisotopic (exact) mass is 261 g/mol. The summed E-state index contributed by atoms with van der Waals surface area (Å²) in [6.07, 6.45) is 2.38. The minimum atomic E-state index is -0.0721. The lowest BCUT2D eigenvalue weighted by molar-refractivity contribution is -0.116. The predicted molar refractivity (Wildman–Crippen MR) is 73.6 cm³/mol. The van der Waals surface area contributed by atoms with E-state index in [0.29, 0.717) is 6.54 Å². The second-order valence-corrected chi connectivity index (χ2v) is 4.88. The molecule has 1 aliphatic heterocycles. The van der Waals surface area contributed by atoms with E-state index in [-0.39, 0.29) is 12.0 Å². The highest BCUT2D eigenvalue weighted by atomic mass is 16.5. The van der Waals surface area contributed by atoms with Gasteiger partial charge in [0.2, 0.25) is 5.91 Å². The third-order valence-electron chi connectivity index (χ3n) is 2.93. The lowest BCUT2D eigenvalue weighted by Gasteiger charge is -2.10. The van der Waals surface area contributed by atoms with Gasteiger partial charge >= 0.3 is 0 Å². The van der Waals surface area contributed by atoms with E-state index in [9.17, 15) is 4.79 Å². The first-order chi connectivity index (χ1) is 9.08. The largest absolute Gasteiger partial charge is 0.497 e. The molecule has 1 aromatic carbocycles. The molecule has 1 aliphatic rings. The molecular weight excluding hydrogens is 242 g/mol. The Labute approximate surface area is 113 Å². The van der Waals surface area contributed by atoms with Crippen LogP contribution in [0.25, 0.3) is 0 Å². The number of hydrogen-bond donors (Lipinski definition) is 1. The second kappa shape index (κ2) is 5.78. The van der Waals surface area contributed by atoms with Crippen molar-refractivity contribution in [2.24, 2.45) is 0 Å². The number of carbonyl (C=O) groups is 1. The molecule has 1 N–H and O–H groups in total. The summed E-state index contributed by atoms with van der Waals surface area (Å²) in [4.78, 5) is 11.5. The van der Waals surface area contributed by atoms with Gasteiger partial charge in [-0.05, 0) is 32.0 Å². The zero-order valence-corrected chi connectivity index (χ0v) is 11.5. The lowest BCUT2D eigenvalue weighted by Crippen LogP contribution is -2.33. The van der Waals surface area contributed by atoms with Crippen LogP contribution in [-0.2, 0) is 11.2 Å². The van der Waals surface area contributed by atoms with Crippen LogP contribution in [-0.4, -0.2) is 25.7 Å². The molecule has 0 spiro atoms. The van der Waals surface area contributed by atoms with Gasteiger partial charge in [0, 0.05) is 18.1 Å². The van der Waals surface area contributed by atoms with Crippen molar-refractivity contribution >= 4 is 5.91 Å². The van der Waals surface area contributed by atoms with Gasteiger partial charge in [0.1, 0.15) is 17.6 Å². The van der Waals surface area contributed by atoms with Gasteiger partial charge in [0.05, 0.1) is 13.7 Å². The minimum Gasteiger partial charge on any atom is -0.497 e. The zero-order chi connectivity index (χ0) is 13.8. The first kappa shape index (κ1) is 13.5. The molecule has 0 bridgehead atoms. The fourth-order valence-corrected chi connectivity index (χ4v) is 2.07. The van der Waals surface area contributed by atoms with Crippen LogP contribution in [0.4, 0.5) is 0 Å². The van der Waals surface area contributed by atoms with Gasteiger partial charge in [-0.1, -0.05) is 5.57 Å². The summed E-state index contributed by atoms with van der Waals surface area (Å²) in [6, 6.07) is 5.77. The van der Waals surface area contributed by atoms with Crippen molar-refractivity contribution in [3.05, 3.63) is 35.4 Å². The smallest absolute Gasteiger partial charge is 0.244 e. The molecule has 1 atom stereocenters. The Balaban J connectivity index is 1.90. The molecule has 1 amide bonds. The van der Waals surface area contributed by atoms with E-state index in [1.165, 1.54) is 0 Å². The van der Waals surface area contributed by atoms with Gasteiger partial charge in [-0.2, -0.15) is 0 Å². The van der Waals surface area contributed by atoms with E-state index in [0.717, 1.165) is 29.1 Å². The summed E-state index contributed by atoms with van der Waals surface area (Å²) >= 11 is 0. The first-order valence-corrected chi connectivity index (χ1v) is 6.35. The Morgan fingerprint density at radius 3 is 3.00 bits per heavy atom. The van der Waals surface area contributed by atoms with E-state index < -0.39 is 0 Å². The van der Waals surface area contributed by atoms with Crippen LogP contribution in [0, 0.1) is 0 Å². The molecule has 0 aliphatic carbocycles. The molecule has 0 fully saturated rings. The third-order valence-corrected chi connectivity index (χ3v) is 2.93. The second-order valence-electron chi connectivity index (χ2n) is 4.88.